The Morgan fingerprint density at radius 2 is 1.60 bits per heavy atom. The first kappa shape index (κ1) is 13.6. The van der Waals surface area contributed by atoms with E-state index in [1.54, 1.807) is 0 Å². The maximum absolute atomic E-state index is 3.93. The van der Waals surface area contributed by atoms with Crippen LogP contribution in [0.2, 0.25) is 0 Å². The van der Waals surface area contributed by atoms with Gasteiger partial charge in [-0.05, 0) is 68.7 Å². The van der Waals surface area contributed by atoms with Crippen LogP contribution in [0.4, 0.5) is 0 Å². The van der Waals surface area contributed by atoms with Gasteiger partial charge in [0.05, 0.1) is 0 Å². The lowest BCUT2D eigenvalue weighted by Gasteiger charge is -2.39. The second kappa shape index (κ2) is 5.96. The molecule has 0 spiro atoms. The summed E-state index contributed by atoms with van der Waals surface area (Å²) in [7, 11) is 0. The maximum Gasteiger partial charge on any atom is 0.0198 e. The van der Waals surface area contributed by atoms with Gasteiger partial charge in [-0.2, -0.15) is 0 Å². The molecule has 0 radical (unpaired) electrons. The van der Waals surface area contributed by atoms with Crippen molar-refractivity contribution in [1.29, 1.82) is 0 Å². The third kappa shape index (κ3) is 3.76. The molecule has 3 saturated carbocycles. The van der Waals surface area contributed by atoms with Gasteiger partial charge in [-0.15, -0.1) is 0 Å². The molecule has 2 unspecified atom stereocenters. The lowest BCUT2D eigenvalue weighted by molar-refractivity contribution is 0.122. The highest BCUT2D eigenvalue weighted by atomic mass is 15.2. The van der Waals surface area contributed by atoms with Crippen LogP contribution < -0.4 is 5.32 Å². The number of nitrogens with zero attached hydrogens (tertiary/aromatic N) is 1. The van der Waals surface area contributed by atoms with Crippen LogP contribution in [0.15, 0.2) is 0 Å². The van der Waals surface area contributed by atoms with E-state index in [1.807, 2.05) is 0 Å². The molecule has 4 fully saturated rings. The second-order valence-electron chi connectivity index (χ2n) is 8.34. The van der Waals surface area contributed by atoms with Gasteiger partial charge in [-0.3, -0.25) is 0 Å². The van der Waals surface area contributed by atoms with Gasteiger partial charge in [0, 0.05) is 25.7 Å². The zero-order valence-electron chi connectivity index (χ0n) is 13.0. The Morgan fingerprint density at radius 3 is 2.25 bits per heavy atom. The van der Waals surface area contributed by atoms with Gasteiger partial charge in [0.2, 0.25) is 0 Å². The van der Waals surface area contributed by atoms with Crippen molar-refractivity contribution in [2.45, 2.75) is 63.8 Å². The lowest BCUT2D eigenvalue weighted by atomic mass is 9.84. The first-order chi connectivity index (χ1) is 9.85. The summed E-state index contributed by atoms with van der Waals surface area (Å²) in [6.45, 7) is 5.46. The molecule has 0 amide bonds. The number of rotatable bonds is 7. The van der Waals surface area contributed by atoms with E-state index in [9.17, 15) is 0 Å². The maximum atomic E-state index is 3.93. The summed E-state index contributed by atoms with van der Waals surface area (Å²) in [5, 5.41) is 3.93. The first-order valence-electron chi connectivity index (χ1n) is 9.31. The zero-order valence-corrected chi connectivity index (χ0v) is 13.0. The highest BCUT2D eigenvalue weighted by molar-refractivity contribution is 4.90. The Morgan fingerprint density at radius 1 is 0.800 bits per heavy atom. The summed E-state index contributed by atoms with van der Waals surface area (Å²) in [5.41, 5.74) is 0. The first-order valence-corrected chi connectivity index (χ1v) is 9.31. The minimum Gasteiger partial charge on any atom is -0.312 e. The normalized spacial score (nSPS) is 36.0. The lowest BCUT2D eigenvalue weighted by Crippen LogP contribution is -2.51. The van der Waals surface area contributed by atoms with E-state index in [0.29, 0.717) is 0 Å². The van der Waals surface area contributed by atoms with Gasteiger partial charge in [0.1, 0.15) is 0 Å². The van der Waals surface area contributed by atoms with Crippen molar-refractivity contribution in [3.05, 3.63) is 0 Å². The topological polar surface area (TPSA) is 15.3 Å². The van der Waals surface area contributed by atoms with E-state index in [-0.39, 0.29) is 0 Å². The third-order valence-electron chi connectivity index (χ3n) is 6.11. The van der Waals surface area contributed by atoms with Crippen LogP contribution >= 0.6 is 0 Å². The van der Waals surface area contributed by atoms with Crippen LogP contribution in [0.25, 0.3) is 0 Å². The molecule has 2 nitrogen and oxygen atoms in total. The van der Waals surface area contributed by atoms with E-state index in [0.717, 1.165) is 29.7 Å². The van der Waals surface area contributed by atoms with Crippen LogP contribution in [0.5, 0.6) is 0 Å². The Hall–Kier alpha value is -0.0800. The predicted molar refractivity (Wildman–Crippen MR) is 83.7 cm³/mol. The summed E-state index contributed by atoms with van der Waals surface area (Å²) < 4.78 is 0. The molecule has 0 bridgehead atoms. The molecule has 4 rings (SSSR count). The molecule has 2 heteroatoms. The molecule has 0 aromatic carbocycles. The fraction of sp³-hybridized carbons (Fsp3) is 1.00. The molecule has 1 aliphatic heterocycles. The molecule has 0 aromatic rings. The van der Waals surface area contributed by atoms with Gasteiger partial charge >= 0.3 is 0 Å². The van der Waals surface area contributed by atoms with Crippen LogP contribution in [0, 0.1) is 23.7 Å². The van der Waals surface area contributed by atoms with E-state index >= 15 is 0 Å². The fourth-order valence-corrected chi connectivity index (χ4v) is 4.29. The number of nitrogens with one attached hydrogen (secondary N) is 1. The Labute approximate surface area is 124 Å². The van der Waals surface area contributed by atoms with Crippen molar-refractivity contribution in [3.8, 4) is 0 Å². The average molecular weight is 276 g/mol. The molecule has 2 atom stereocenters. The van der Waals surface area contributed by atoms with Gasteiger partial charge in [-0.1, -0.05) is 19.3 Å². The summed E-state index contributed by atoms with van der Waals surface area (Å²) in [6.07, 6.45) is 13.5. The fourth-order valence-electron chi connectivity index (χ4n) is 4.29. The number of hydrogen-bond donors (Lipinski definition) is 1. The summed E-state index contributed by atoms with van der Waals surface area (Å²) >= 11 is 0. The molecule has 3 aliphatic carbocycles. The largest absolute Gasteiger partial charge is 0.312 e. The third-order valence-corrected chi connectivity index (χ3v) is 6.11. The van der Waals surface area contributed by atoms with Gasteiger partial charge in [0.25, 0.3) is 0 Å². The minimum absolute atomic E-state index is 0.798. The standard InChI is InChI=1S/C18H32N2/c1-2-15(3-1)10-19-18-9-17(8-14-4-5-14)12-20(13-18)11-16-6-7-16/h14-19H,1-13H2. The van der Waals surface area contributed by atoms with E-state index in [1.165, 1.54) is 84.0 Å². The van der Waals surface area contributed by atoms with Crippen molar-refractivity contribution in [1.82, 2.24) is 10.2 Å². The minimum atomic E-state index is 0.798. The van der Waals surface area contributed by atoms with E-state index in [2.05, 4.69) is 10.2 Å². The van der Waals surface area contributed by atoms with Crippen LogP contribution in [0.3, 0.4) is 0 Å². The van der Waals surface area contributed by atoms with Crippen molar-refractivity contribution in [3.63, 3.8) is 0 Å². The Kier molecular flexibility index (Phi) is 4.05. The molecular formula is C18H32N2. The van der Waals surface area contributed by atoms with Crippen LogP contribution in [0.1, 0.15) is 57.8 Å². The molecular weight excluding hydrogens is 244 g/mol. The summed E-state index contributed by atoms with van der Waals surface area (Å²) in [6, 6.07) is 0.798. The molecule has 0 aromatic heterocycles. The molecule has 4 aliphatic rings. The highest BCUT2D eigenvalue weighted by Gasteiger charge is 2.34. The number of piperidine rings is 1. The molecule has 1 N–H and O–H groups in total. The highest BCUT2D eigenvalue weighted by Crippen LogP contribution is 2.39. The van der Waals surface area contributed by atoms with Gasteiger partial charge < -0.3 is 10.2 Å². The summed E-state index contributed by atoms with van der Waals surface area (Å²) in [4.78, 5) is 2.81. The van der Waals surface area contributed by atoms with E-state index in [4.69, 9.17) is 0 Å². The van der Waals surface area contributed by atoms with Crippen molar-refractivity contribution in [2.24, 2.45) is 23.7 Å². The van der Waals surface area contributed by atoms with Gasteiger partial charge in [0.15, 0.2) is 0 Å². The van der Waals surface area contributed by atoms with Crippen LogP contribution in [-0.2, 0) is 0 Å². The Bertz CT molecular complexity index is 295. The predicted octanol–water partition coefficient (Wildman–Crippen LogP) is 3.28. The second-order valence-corrected chi connectivity index (χ2v) is 8.34. The average Bonchev–Trinajstić information content (AvgIpc) is 3.23. The Balaban J connectivity index is 1.27. The summed E-state index contributed by atoms with van der Waals surface area (Å²) in [5.74, 6) is 4.17. The molecule has 1 saturated heterocycles. The molecule has 1 heterocycles. The quantitative estimate of drug-likeness (QED) is 0.768. The van der Waals surface area contributed by atoms with E-state index < -0.39 is 0 Å². The SMILES string of the molecule is C1CC(CNC2CC(CC3CC3)CN(CC3CC3)C2)C1. The molecule has 114 valence electrons. The monoisotopic (exact) mass is 276 g/mol. The smallest absolute Gasteiger partial charge is 0.0198 e. The van der Waals surface area contributed by atoms with Crippen molar-refractivity contribution in [2.75, 3.05) is 26.2 Å². The number of hydrogen-bond acceptors (Lipinski definition) is 2. The van der Waals surface area contributed by atoms with Gasteiger partial charge in [-0.25, -0.2) is 0 Å². The number of likely N-dealkylation sites (tertiary alicyclic amines) is 1. The van der Waals surface area contributed by atoms with Crippen molar-refractivity contribution >= 4 is 0 Å². The zero-order chi connectivity index (χ0) is 13.4. The molecule has 20 heavy (non-hydrogen) atoms. The van der Waals surface area contributed by atoms with Crippen molar-refractivity contribution < 1.29 is 0 Å². The van der Waals surface area contributed by atoms with Crippen LogP contribution in [-0.4, -0.2) is 37.1 Å².